The molecule has 2 aromatic rings. The van der Waals surface area contributed by atoms with Crippen LogP contribution in [0.1, 0.15) is 40.2 Å². The molecule has 2 N–H and O–H groups in total. The number of carbonyl (C=O) groups excluding carboxylic acids is 2. The van der Waals surface area contributed by atoms with Crippen LogP contribution in [0.15, 0.2) is 48.5 Å². The number of rotatable bonds is 4. The van der Waals surface area contributed by atoms with Crippen LogP contribution in [0.2, 0.25) is 5.02 Å². The Bertz CT molecular complexity index is 788. The Balaban J connectivity index is 2.06. The first-order valence-electron chi connectivity index (χ1n) is 8.49. The number of nitrogens with one attached hydrogen (secondary N) is 2. The van der Waals surface area contributed by atoms with Crippen LogP contribution >= 0.6 is 11.6 Å². The van der Waals surface area contributed by atoms with Crippen LogP contribution in [0.4, 0.5) is 11.4 Å². The van der Waals surface area contributed by atoms with Crippen LogP contribution in [0.3, 0.4) is 0 Å². The van der Waals surface area contributed by atoms with Gasteiger partial charge in [0.15, 0.2) is 0 Å². The highest BCUT2D eigenvalue weighted by Gasteiger charge is 2.36. The molecule has 138 valence electrons. The number of halogens is 1. The molecule has 4 nitrogen and oxygen atoms in total. The van der Waals surface area contributed by atoms with Crippen molar-refractivity contribution in [2.45, 2.75) is 40.0 Å². The molecular weight excluding hydrogens is 348 g/mol. The Kier molecular flexibility index (Phi) is 5.77. The molecular formula is C21H25ClN2O2. The van der Waals surface area contributed by atoms with E-state index in [0.29, 0.717) is 16.4 Å². The summed E-state index contributed by atoms with van der Waals surface area (Å²) < 4.78 is 0. The summed E-state index contributed by atoms with van der Waals surface area (Å²) in [5.41, 5.74) is 1.24. The molecule has 0 aromatic heterocycles. The fourth-order valence-corrected chi connectivity index (χ4v) is 2.39. The van der Waals surface area contributed by atoms with Gasteiger partial charge in [0.1, 0.15) is 5.41 Å². The summed E-state index contributed by atoms with van der Waals surface area (Å²) in [6.45, 7) is 9.58. The first-order chi connectivity index (χ1) is 12.0. The molecule has 0 atom stereocenters. The Labute approximate surface area is 159 Å². The Morgan fingerprint density at radius 3 is 1.50 bits per heavy atom. The van der Waals surface area contributed by atoms with Gasteiger partial charge in [0.2, 0.25) is 11.8 Å². The van der Waals surface area contributed by atoms with Crippen molar-refractivity contribution in [2.75, 3.05) is 10.6 Å². The number of benzene rings is 2. The molecule has 0 saturated heterocycles. The fraction of sp³-hybridized carbons (Fsp3) is 0.333. The number of anilines is 2. The number of hydrogen-bond donors (Lipinski definition) is 2. The zero-order valence-corrected chi connectivity index (χ0v) is 16.6. The predicted molar refractivity (Wildman–Crippen MR) is 108 cm³/mol. The summed E-state index contributed by atoms with van der Waals surface area (Å²) in [6, 6.07) is 14.4. The minimum absolute atomic E-state index is 0.0419. The first-order valence-corrected chi connectivity index (χ1v) is 8.87. The molecule has 26 heavy (non-hydrogen) atoms. The lowest BCUT2D eigenvalue weighted by Gasteiger charge is -2.23. The molecule has 0 aliphatic carbocycles. The molecule has 5 heteroatoms. The van der Waals surface area contributed by atoms with Crippen LogP contribution in [-0.4, -0.2) is 11.8 Å². The predicted octanol–water partition coefficient (Wildman–Crippen LogP) is 5.24. The van der Waals surface area contributed by atoms with Gasteiger partial charge in [-0.05, 0) is 61.2 Å². The molecule has 0 unspecified atom stereocenters. The lowest BCUT2D eigenvalue weighted by Crippen LogP contribution is -2.41. The first kappa shape index (κ1) is 20.0. The molecule has 0 aliphatic heterocycles. The van der Waals surface area contributed by atoms with Gasteiger partial charge in [-0.1, -0.05) is 44.5 Å². The van der Waals surface area contributed by atoms with Gasteiger partial charge >= 0.3 is 0 Å². The van der Waals surface area contributed by atoms with Crippen molar-refractivity contribution in [2.24, 2.45) is 5.41 Å². The van der Waals surface area contributed by atoms with Crippen LogP contribution in [0.5, 0.6) is 0 Å². The number of hydrogen-bond acceptors (Lipinski definition) is 2. The topological polar surface area (TPSA) is 58.2 Å². The maximum absolute atomic E-state index is 12.6. The lowest BCUT2D eigenvalue weighted by atomic mass is 9.87. The highest BCUT2D eigenvalue weighted by molar-refractivity contribution is 6.30. The van der Waals surface area contributed by atoms with Crippen molar-refractivity contribution >= 4 is 34.8 Å². The third-order valence-electron chi connectivity index (χ3n) is 4.25. The summed E-state index contributed by atoms with van der Waals surface area (Å²) in [5.74, 6) is -0.754. The minimum atomic E-state index is -1.23. The molecule has 0 saturated carbocycles. The average molecular weight is 373 g/mol. The molecule has 0 bridgehead atoms. The molecule has 2 aromatic carbocycles. The monoisotopic (exact) mass is 372 g/mol. The van der Waals surface area contributed by atoms with Crippen LogP contribution in [-0.2, 0) is 15.0 Å². The number of amides is 2. The van der Waals surface area contributed by atoms with Gasteiger partial charge in [-0.2, -0.15) is 0 Å². The lowest BCUT2D eigenvalue weighted by molar-refractivity contribution is -0.135. The van der Waals surface area contributed by atoms with Gasteiger partial charge in [0.05, 0.1) is 0 Å². The van der Waals surface area contributed by atoms with Crippen LogP contribution in [0.25, 0.3) is 0 Å². The van der Waals surface area contributed by atoms with Gasteiger partial charge in [-0.25, -0.2) is 0 Å². The zero-order valence-electron chi connectivity index (χ0n) is 15.8. The fourth-order valence-electron chi connectivity index (χ4n) is 2.26. The molecule has 0 heterocycles. The highest BCUT2D eigenvalue weighted by Crippen LogP contribution is 2.25. The van der Waals surface area contributed by atoms with Crippen LogP contribution < -0.4 is 10.6 Å². The second kappa shape index (κ2) is 7.50. The van der Waals surface area contributed by atoms with Crippen molar-refractivity contribution < 1.29 is 9.59 Å². The Morgan fingerprint density at radius 1 is 0.731 bits per heavy atom. The van der Waals surface area contributed by atoms with E-state index in [1.807, 2.05) is 24.3 Å². The largest absolute Gasteiger partial charge is 0.325 e. The normalized spacial score (nSPS) is 11.8. The smallest absolute Gasteiger partial charge is 0.239 e. The third-order valence-corrected chi connectivity index (χ3v) is 4.50. The van der Waals surface area contributed by atoms with Gasteiger partial charge < -0.3 is 10.6 Å². The van der Waals surface area contributed by atoms with Crippen LogP contribution in [0, 0.1) is 5.41 Å². The number of carbonyl (C=O) groups is 2. The van der Waals surface area contributed by atoms with Crippen molar-refractivity contribution in [3.63, 3.8) is 0 Å². The Hall–Kier alpha value is -2.33. The van der Waals surface area contributed by atoms with E-state index in [2.05, 4.69) is 31.4 Å². The molecule has 0 fully saturated rings. The van der Waals surface area contributed by atoms with Gasteiger partial charge in [-0.3, -0.25) is 9.59 Å². The van der Waals surface area contributed by atoms with Gasteiger partial charge in [-0.15, -0.1) is 0 Å². The van der Waals surface area contributed by atoms with E-state index >= 15 is 0 Å². The molecule has 0 radical (unpaired) electrons. The van der Waals surface area contributed by atoms with E-state index in [-0.39, 0.29) is 17.2 Å². The van der Waals surface area contributed by atoms with Gasteiger partial charge in [0.25, 0.3) is 0 Å². The van der Waals surface area contributed by atoms with E-state index in [9.17, 15) is 9.59 Å². The zero-order chi connectivity index (χ0) is 19.5. The second-order valence-electron chi connectivity index (χ2n) is 7.87. The summed E-state index contributed by atoms with van der Waals surface area (Å²) in [7, 11) is 0. The van der Waals surface area contributed by atoms with Gasteiger partial charge in [0, 0.05) is 16.4 Å². The van der Waals surface area contributed by atoms with E-state index < -0.39 is 5.41 Å². The van der Waals surface area contributed by atoms with Crippen molar-refractivity contribution in [1.29, 1.82) is 0 Å². The summed E-state index contributed by atoms with van der Waals surface area (Å²) >= 11 is 5.84. The summed E-state index contributed by atoms with van der Waals surface area (Å²) in [4.78, 5) is 25.1. The van der Waals surface area contributed by atoms with E-state index in [0.717, 1.165) is 0 Å². The minimum Gasteiger partial charge on any atom is -0.325 e. The molecule has 0 aliphatic rings. The summed E-state index contributed by atoms with van der Waals surface area (Å²) in [6.07, 6.45) is 0. The quantitative estimate of drug-likeness (QED) is 0.721. The molecule has 0 spiro atoms. The Morgan fingerprint density at radius 2 is 1.12 bits per heavy atom. The summed E-state index contributed by atoms with van der Waals surface area (Å²) in [5, 5.41) is 6.14. The van der Waals surface area contributed by atoms with E-state index in [4.69, 9.17) is 11.6 Å². The van der Waals surface area contributed by atoms with Crippen molar-refractivity contribution in [1.82, 2.24) is 0 Å². The highest BCUT2D eigenvalue weighted by atomic mass is 35.5. The van der Waals surface area contributed by atoms with Crippen molar-refractivity contribution in [3.8, 4) is 0 Å². The SMILES string of the molecule is CC(C)(C(=O)Nc1ccc(Cl)cc1)C(=O)Nc1ccc(C(C)(C)C)cc1. The van der Waals surface area contributed by atoms with E-state index in [1.54, 1.807) is 38.1 Å². The van der Waals surface area contributed by atoms with E-state index in [1.165, 1.54) is 5.56 Å². The molecule has 2 amide bonds. The maximum atomic E-state index is 12.6. The molecule has 2 rings (SSSR count). The third kappa shape index (κ3) is 4.85. The second-order valence-corrected chi connectivity index (χ2v) is 8.30. The van der Waals surface area contributed by atoms with Crippen molar-refractivity contribution in [3.05, 3.63) is 59.1 Å². The standard InChI is InChI=1S/C21H25ClN2O2/c1-20(2,3)14-6-10-16(11-7-14)23-18(25)21(4,5)19(26)24-17-12-8-15(22)9-13-17/h6-13H,1-5H3,(H,23,25)(H,24,26). The average Bonchev–Trinajstić information content (AvgIpc) is 2.56. The maximum Gasteiger partial charge on any atom is 0.239 e.